The largest absolute Gasteiger partial charge is 0.494 e. The highest BCUT2D eigenvalue weighted by Gasteiger charge is 2.11. The molecule has 6 heteroatoms. The Morgan fingerprint density at radius 2 is 2.29 bits per heavy atom. The number of rotatable bonds is 2. The third kappa shape index (κ3) is 1.54. The van der Waals surface area contributed by atoms with Crippen molar-refractivity contribution in [3.05, 3.63) is 23.8 Å². The summed E-state index contributed by atoms with van der Waals surface area (Å²) >= 11 is 5.51. The number of hydrogen-bond acceptors (Lipinski definition) is 5. The number of aromatic nitrogens is 3. The molecule has 0 amide bonds. The zero-order valence-corrected chi connectivity index (χ0v) is 8.02. The topological polar surface area (TPSA) is 61.0 Å². The van der Waals surface area contributed by atoms with Gasteiger partial charge in [0.1, 0.15) is 5.75 Å². The van der Waals surface area contributed by atoms with Crippen molar-refractivity contribution in [2.75, 3.05) is 7.11 Å². The van der Waals surface area contributed by atoms with Crippen molar-refractivity contribution in [3.8, 4) is 17.2 Å². The maximum Gasteiger partial charge on any atom is 0.313 e. The highest BCUT2D eigenvalue weighted by Crippen LogP contribution is 2.27. The van der Waals surface area contributed by atoms with Gasteiger partial charge in [-0.3, -0.25) is 4.98 Å². The minimum absolute atomic E-state index is 0.00105. The normalized spacial score (nSPS) is 10.1. The molecule has 0 saturated heterocycles. The number of pyridine rings is 1. The summed E-state index contributed by atoms with van der Waals surface area (Å²) in [6, 6.07) is 1.71. The minimum atomic E-state index is -0.00105. The lowest BCUT2D eigenvalue weighted by Crippen LogP contribution is -1.88. The van der Waals surface area contributed by atoms with Crippen LogP contribution in [0.5, 0.6) is 5.75 Å². The molecule has 0 N–H and O–H groups in total. The minimum Gasteiger partial charge on any atom is -0.494 e. The van der Waals surface area contributed by atoms with E-state index in [-0.39, 0.29) is 5.35 Å². The van der Waals surface area contributed by atoms with E-state index in [1.54, 1.807) is 25.6 Å². The summed E-state index contributed by atoms with van der Waals surface area (Å²) in [6.45, 7) is 0. The van der Waals surface area contributed by atoms with E-state index in [2.05, 4.69) is 15.2 Å². The molecule has 14 heavy (non-hydrogen) atoms. The molecule has 0 fully saturated rings. The van der Waals surface area contributed by atoms with Crippen molar-refractivity contribution in [1.29, 1.82) is 0 Å². The van der Waals surface area contributed by atoms with Crippen LogP contribution in [0.25, 0.3) is 11.5 Å². The number of ether oxygens (including phenoxy) is 1. The molecule has 0 atom stereocenters. The molecule has 0 unspecified atom stereocenters. The number of hydrogen-bond donors (Lipinski definition) is 0. The Labute approximate surface area is 84.7 Å². The summed E-state index contributed by atoms with van der Waals surface area (Å²) in [5.41, 5.74) is 0.668. The van der Waals surface area contributed by atoms with E-state index in [1.807, 2.05) is 0 Å². The third-order valence-corrected chi connectivity index (χ3v) is 1.79. The molecule has 72 valence electrons. The Balaban J connectivity index is 2.50. The van der Waals surface area contributed by atoms with Gasteiger partial charge < -0.3 is 9.15 Å². The lowest BCUT2D eigenvalue weighted by Gasteiger charge is -2.02. The van der Waals surface area contributed by atoms with Gasteiger partial charge in [-0.15, -0.1) is 5.10 Å². The second-order valence-electron chi connectivity index (χ2n) is 2.44. The average molecular weight is 212 g/mol. The third-order valence-electron chi connectivity index (χ3n) is 1.64. The number of methoxy groups -OCH3 is 1. The highest BCUT2D eigenvalue weighted by atomic mass is 35.5. The highest BCUT2D eigenvalue weighted by molar-refractivity contribution is 6.27. The molecule has 0 radical (unpaired) electrons. The van der Waals surface area contributed by atoms with Crippen LogP contribution >= 0.6 is 11.6 Å². The standard InChI is InChI=1S/C8H6ClN3O2/c1-13-6-4-10-3-2-5(6)7-11-12-8(9)14-7/h2-4H,1H3. The van der Waals surface area contributed by atoms with Crippen molar-refractivity contribution in [3.63, 3.8) is 0 Å². The van der Waals surface area contributed by atoms with E-state index in [0.717, 1.165) is 0 Å². The summed E-state index contributed by atoms with van der Waals surface area (Å²) < 4.78 is 10.1. The average Bonchev–Trinajstić information content (AvgIpc) is 2.65. The summed E-state index contributed by atoms with van der Waals surface area (Å²) in [5.74, 6) is 0.877. The van der Waals surface area contributed by atoms with E-state index in [1.165, 1.54) is 0 Å². The Bertz CT molecular complexity index is 444. The van der Waals surface area contributed by atoms with Crippen molar-refractivity contribution >= 4 is 11.6 Å². The van der Waals surface area contributed by atoms with Crippen LogP contribution < -0.4 is 4.74 Å². The van der Waals surface area contributed by atoms with Crippen LogP contribution in [0.15, 0.2) is 22.9 Å². The number of nitrogens with zero attached hydrogens (tertiary/aromatic N) is 3. The van der Waals surface area contributed by atoms with E-state index in [9.17, 15) is 0 Å². The zero-order chi connectivity index (χ0) is 9.97. The zero-order valence-electron chi connectivity index (χ0n) is 7.27. The van der Waals surface area contributed by atoms with Gasteiger partial charge in [-0.1, -0.05) is 5.10 Å². The van der Waals surface area contributed by atoms with Gasteiger partial charge in [0.05, 0.1) is 18.9 Å². The second kappa shape index (κ2) is 3.63. The van der Waals surface area contributed by atoms with Gasteiger partial charge >= 0.3 is 5.35 Å². The van der Waals surface area contributed by atoms with Gasteiger partial charge in [0.2, 0.25) is 0 Å². The molecular formula is C8H6ClN3O2. The molecule has 0 aromatic carbocycles. The van der Waals surface area contributed by atoms with E-state index in [0.29, 0.717) is 17.2 Å². The fourth-order valence-corrected chi connectivity index (χ4v) is 1.14. The quantitative estimate of drug-likeness (QED) is 0.758. The van der Waals surface area contributed by atoms with Crippen molar-refractivity contribution < 1.29 is 9.15 Å². The van der Waals surface area contributed by atoms with E-state index in [4.69, 9.17) is 20.8 Å². The van der Waals surface area contributed by atoms with Gasteiger partial charge in [0, 0.05) is 6.20 Å². The predicted octanol–water partition coefficient (Wildman–Crippen LogP) is 1.79. The van der Waals surface area contributed by atoms with Crippen molar-refractivity contribution in [1.82, 2.24) is 15.2 Å². The van der Waals surface area contributed by atoms with Gasteiger partial charge in [-0.05, 0) is 17.7 Å². The van der Waals surface area contributed by atoms with Crippen LogP contribution in [-0.2, 0) is 0 Å². The molecule has 0 aliphatic rings. The summed E-state index contributed by atoms with van der Waals surface area (Å²) in [4.78, 5) is 3.90. The molecule has 0 aliphatic heterocycles. The van der Waals surface area contributed by atoms with Crippen LogP contribution in [0.2, 0.25) is 5.35 Å². The Hall–Kier alpha value is -1.62. The maximum absolute atomic E-state index is 5.51. The first-order valence-electron chi connectivity index (χ1n) is 3.78. The van der Waals surface area contributed by atoms with Crippen LogP contribution in [0.3, 0.4) is 0 Å². The first-order valence-corrected chi connectivity index (χ1v) is 4.16. The van der Waals surface area contributed by atoms with Gasteiger partial charge in [-0.2, -0.15) is 0 Å². The lowest BCUT2D eigenvalue weighted by atomic mass is 10.2. The van der Waals surface area contributed by atoms with Crippen LogP contribution in [0.1, 0.15) is 0 Å². The Morgan fingerprint density at radius 1 is 1.43 bits per heavy atom. The molecule has 0 spiro atoms. The van der Waals surface area contributed by atoms with E-state index < -0.39 is 0 Å². The summed E-state index contributed by atoms with van der Waals surface area (Å²) in [5, 5.41) is 7.28. The smallest absolute Gasteiger partial charge is 0.313 e. The van der Waals surface area contributed by atoms with Crippen molar-refractivity contribution in [2.24, 2.45) is 0 Å². The summed E-state index contributed by atoms with van der Waals surface area (Å²) in [6.07, 6.45) is 3.17. The molecule has 2 aromatic heterocycles. The molecule has 2 rings (SSSR count). The monoisotopic (exact) mass is 211 g/mol. The fourth-order valence-electron chi connectivity index (χ4n) is 1.03. The fraction of sp³-hybridized carbons (Fsp3) is 0.125. The first-order chi connectivity index (χ1) is 6.81. The lowest BCUT2D eigenvalue weighted by molar-refractivity contribution is 0.412. The SMILES string of the molecule is COc1cnccc1-c1nnc(Cl)o1. The first kappa shape index (κ1) is 8.96. The van der Waals surface area contributed by atoms with Gasteiger partial charge in [0.15, 0.2) is 0 Å². The second-order valence-corrected chi connectivity index (χ2v) is 2.76. The molecule has 5 nitrogen and oxygen atoms in total. The van der Waals surface area contributed by atoms with Gasteiger partial charge in [-0.25, -0.2) is 0 Å². The predicted molar refractivity (Wildman–Crippen MR) is 49.1 cm³/mol. The van der Waals surface area contributed by atoms with Crippen LogP contribution in [0.4, 0.5) is 0 Å². The van der Waals surface area contributed by atoms with Crippen LogP contribution in [-0.4, -0.2) is 22.3 Å². The molecule has 2 heterocycles. The molecule has 0 bridgehead atoms. The van der Waals surface area contributed by atoms with Crippen molar-refractivity contribution in [2.45, 2.75) is 0 Å². The Kier molecular flexibility index (Phi) is 2.32. The van der Waals surface area contributed by atoms with Gasteiger partial charge in [0.25, 0.3) is 5.89 Å². The van der Waals surface area contributed by atoms with E-state index >= 15 is 0 Å². The maximum atomic E-state index is 5.51. The molecular weight excluding hydrogens is 206 g/mol. The molecule has 2 aromatic rings. The molecule has 0 saturated carbocycles. The molecule has 0 aliphatic carbocycles. The summed E-state index contributed by atoms with van der Waals surface area (Å²) in [7, 11) is 1.54. The van der Waals surface area contributed by atoms with Crippen LogP contribution in [0, 0.1) is 0 Å². The number of halogens is 1. The Morgan fingerprint density at radius 3 is 2.93 bits per heavy atom.